The molecule has 0 aliphatic heterocycles. The predicted octanol–water partition coefficient (Wildman–Crippen LogP) is 3.25. The fraction of sp³-hybridized carbons (Fsp3) is 0.333. The maximum atomic E-state index is 5.99. The number of aryl methyl sites for hydroxylation is 2. The number of anilines is 1. The number of methoxy groups -OCH3 is 1. The molecule has 2 rings (SSSR count). The quantitative estimate of drug-likeness (QED) is 0.824. The fourth-order valence-electron chi connectivity index (χ4n) is 1.92. The Kier molecular flexibility index (Phi) is 4.45. The summed E-state index contributed by atoms with van der Waals surface area (Å²) < 4.78 is 5.14. The van der Waals surface area contributed by atoms with Gasteiger partial charge in [0.1, 0.15) is 5.75 Å². The highest BCUT2D eigenvalue weighted by Gasteiger charge is 2.03. The molecule has 0 fully saturated rings. The van der Waals surface area contributed by atoms with E-state index in [0.717, 1.165) is 30.1 Å². The molecular weight excluding hydrogens is 256 g/mol. The molecule has 2 aromatic rings. The normalized spacial score (nSPS) is 10.7. The molecule has 0 spiro atoms. The third-order valence-corrected chi connectivity index (χ3v) is 4.34. The van der Waals surface area contributed by atoms with E-state index in [1.807, 2.05) is 29.5 Å². The number of hydrogen-bond donors (Lipinski definition) is 2. The second kappa shape index (κ2) is 6.08. The third-order valence-electron chi connectivity index (χ3n) is 3.18. The average Bonchev–Trinajstić information content (AvgIpc) is 2.70. The van der Waals surface area contributed by atoms with Crippen molar-refractivity contribution in [3.63, 3.8) is 0 Å². The van der Waals surface area contributed by atoms with E-state index in [4.69, 9.17) is 10.5 Å². The van der Waals surface area contributed by atoms with Gasteiger partial charge in [-0.25, -0.2) is 0 Å². The van der Waals surface area contributed by atoms with Gasteiger partial charge in [-0.2, -0.15) is 0 Å². The fourth-order valence-corrected chi connectivity index (χ4v) is 2.94. The molecule has 3 N–H and O–H groups in total. The molecule has 3 nitrogen and oxygen atoms in total. The highest BCUT2D eigenvalue weighted by atomic mass is 32.1. The average molecular weight is 276 g/mol. The van der Waals surface area contributed by atoms with Gasteiger partial charge in [0, 0.05) is 34.6 Å². The van der Waals surface area contributed by atoms with Crippen LogP contribution in [-0.4, -0.2) is 7.11 Å². The summed E-state index contributed by atoms with van der Waals surface area (Å²) in [5.74, 6) is 0.797. The zero-order valence-corrected chi connectivity index (χ0v) is 12.4. The molecule has 1 heterocycles. The summed E-state index contributed by atoms with van der Waals surface area (Å²) in [6.45, 7) is 5.96. The maximum Gasteiger partial charge on any atom is 0.120 e. The van der Waals surface area contributed by atoms with Crippen LogP contribution in [0.1, 0.15) is 20.9 Å². The lowest BCUT2D eigenvalue weighted by molar-refractivity contribution is 0.415. The molecule has 0 radical (unpaired) electrons. The Morgan fingerprint density at radius 2 is 2.00 bits per heavy atom. The first-order valence-corrected chi connectivity index (χ1v) is 7.11. The first-order chi connectivity index (χ1) is 9.10. The van der Waals surface area contributed by atoms with Crippen LogP contribution in [0.4, 0.5) is 5.69 Å². The third kappa shape index (κ3) is 3.49. The number of nitrogen functional groups attached to an aromatic ring is 1. The summed E-state index contributed by atoms with van der Waals surface area (Å²) in [5, 5.41) is 3.43. The monoisotopic (exact) mass is 276 g/mol. The van der Waals surface area contributed by atoms with Crippen molar-refractivity contribution in [3.05, 3.63) is 45.1 Å². The van der Waals surface area contributed by atoms with Crippen LogP contribution in [-0.2, 0) is 13.1 Å². The Hall–Kier alpha value is -1.52. The number of nitrogens with two attached hydrogens (primary N) is 1. The molecule has 0 aliphatic carbocycles. The van der Waals surface area contributed by atoms with Gasteiger partial charge >= 0.3 is 0 Å². The van der Waals surface area contributed by atoms with Crippen LogP contribution in [0, 0.1) is 13.8 Å². The van der Waals surface area contributed by atoms with Crippen LogP contribution in [0.15, 0.2) is 24.3 Å². The molecule has 0 aliphatic rings. The number of benzene rings is 1. The largest absolute Gasteiger partial charge is 0.497 e. The van der Waals surface area contributed by atoms with E-state index in [1.165, 1.54) is 15.3 Å². The lowest BCUT2D eigenvalue weighted by Crippen LogP contribution is -2.13. The Balaban J connectivity index is 1.92. The zero-order chi connectivity index (χ0) is 13.8. The highest BCUT2D eigenvalue weighted by Crippen LogP contribution is 2.21. The van der Waals surface area contributed by atoms with Crippen molar-refractivity contribution in [1.29, 1.82) is 0 Å². The van der Waals surface area contributed by atoms with Crippen molar-refractivity contribution < 1.29 is 4.74 Å². The molecule has 0 amide bonds. The second-order valence-corrected chi connectivity index (χ2v) is 5.96. The number of rotatable bonds is 5. The van der Waals surface area contributed by atoms with E-state index in [2.05, 4.69) is 25.2 Å². The smallest absolute Gasteiger partial charge is 0.120 e. The molecule has 1 aromatic carbocycles. The molecular formula is C15H20N2OS. The summed E-state index contributed by atoms with van der Waals surface area (Å²) in [6, 6.07) is 8.04. The molecule has 1 aromatic heterocycles. The summed E-state index contributed by atoms with van der Waals surface area (Å²) in [5.41, 5.74) is 9.23. The molecule has 0 saturated heterocycles. The van der Waals surface area contributed by atoms with Crippen LogP contribution >= 0.6 is 11.3 Å². The number of nitrogens with one attached hydrogen (secondary N) is 1. The van der Waals surface area contributed by atoms with Gasteiger partial charge in [-0.1, -0.05) is 6.07 Å². The molecule has 0 saturated carbocycles. The van der Waals surface area contributed by atoms with Crippen LogP contribution < -0.4 is 15.8 Å². The Morgan fingerprint density at radius 1 is 1.21 bits per heavy atom. The van der Waals surface area contributed by atoms with Gasteiger partial charge < -0.3 is 15.8 Å². The molecule has 0 bridgehead atoms. The maximum absolute atomic E-state index is 5.99. The number of hydrogen-bond acceptors (Lipinski definition) is 4. The van der Waals surface area contributed by atoms with Gasteiger partial charge in [-0.3, -0.25) is 0 Å². The van der Waals surface area contributed by atoms with Gasteiger partial charge in [0.25, 0.3) is 0 Å². The van der Waals surface area contributed by atoms with Gasteiger partial charge in [0.15, 0.2) is 0 Å². The van der Waals surface area contributed by atoms with E-state index in [1.54, 1.807) is 7.11 Å². The Morgan fingerprint density at radius 3 is 2.58 bits per heavy atom. The van der Waals surface area contributed by atoms with Crippen molar-refractivity contribution in [2.24, 2.45) is 0 Å². The van der Waals surface area contributed by atoms with Crippen LogP contribution in [0.2, 0.25) is 0 Å². The summed E-state index contributed by atoms with van der Waals surface area (Å²) in [6.07, 6.45) is 0. The first-order valence-electron chi connectivity index (χ1n) is 6.29. The molecule has 0 unspecified atom stereocenters. The number of ether oxygens (including phenoxy) is 1. The van der Waals surface area contributed by atoms with Gasteiger partial charge in [0.2, 0.25) is 0 Å². The van der Waals surface area contributed by atoms with Crippen molar-refractivity contribution in [2.75, 3.05) is 12.8 Å². The minimum atomic E-state index is 0.769. The number of thiophene rings is 1. The van der Waals surface area contributed by atoms with Gasteiger partial charge in [-0.15, -0.1) is 11.3 Å². The van der Waals surface area contributed by atoms with Gasteiger partial charge in [-0.05, 0) is 37.1 Å². The van der Waals surface area contributed by atoms with E-state index in [0.29, 0.717) is 0 Å². The second-order valence-electron chi connectivity index (χ2n) is 4.62. The van der Waals surface area contributed by atoms with Crippen LogP contribution in [0.25, 0.3) is 0 Å². The van der Waals surface area contributed by atoms with E-state index >= 15 is 0 Å². The van der Waals surface area contributed by atoms with Crippen molar-refractivity contribution in [1.82, 2.24) is 5.32 Å². The summed E-state index contributed by atoms with van der Waals surface area (Å²) >= 11 is 1.85. The summed E-state index contributed by atoms with van der Waals surface area (Å²) in [4.78, 5) is 2.75. The minimum absolute atomic E-state index is 0.769. The Bertz CT molecular complexity index is 544. The molecule has 19 heavy (non-hydrogen) atoms. The lowest BCUT2D eigenvalue weighted by Gasteiger charge is -2.08. The van der Waals surface area contributed by atoms with Crippen molar-refractivity contribution >= 4 is 17.0 Å². The van der Waals surface area contributed by atoms with Gasteiger partial charge in [0.05, 0.1) is 7.11 Å². The van der Waals surface area contributed by atoms with E-state index in [9.17, 15) is 0 Å². The van der Waals surface area contributed by atoms with E-state index < -0.39 is 0 Å². The molecule has 4 heteroatoms. The van der Waals surface area contributed by atoms with E-state index in [-0.39, 0.29) is 0 Å². The molecule has 0 atom stereocenters. The first kappa shape index (κ1) is 13.9. The highest BCUT2D eigenvalue weighted by molar-refractivity contribution is 7.12. The lowest BCUT2D eigenvalue weighted by atomic mass is 10.1. The van der Waals surface area contributed by atoms with Crippen LogP contribution in [0.3, 0.4) is 0 Å². The van der Waals surface area contributed by atoms with Crippen LogP contribution in [0.5, 0.6) is 5.75 Å². The van der Waals surface area contributed by atoms with Crippen molar-refractivity contribution in [2.45, 2.75) is 26.9 Å². The molecule has 102 valence electrons. The SMILES string of the molecule is COc1ccc(CNCc2cc(C)c(C)s2)c(N)c1. The zero-order valence-electron chi connectivity index (χ0n) is 11.6. The Labute approximate surface area is 118 Å². The minimum Gasteiger partial charge on any atom is -0.497 e. The predicted molar refractivity (Wildman–Crippen MR) is 81.7 cm³/mol. The van der Waals surface area contributed by atoms with Crippen molar-refractivity contribution in [3.8, 4) is 5.75 Å². The standard InChI is InChI=1S/C15H20N2OS/c1-10-6-14(19-11(10)2)9-17-8-12-4-5-13(18-3)7-15(12)16/h4-7,17H,8-9,16H2,1-3H3. The topological polar surface area (TPSA) is 47.3 Å². The summed E-state index contributed by atoms with van der Waals surface area (Å²) in [7, 11) is 1.65.